The normalized spacial score (nSPS) is 16.1. The third-order valence-corrected chi connectivity index (χ3v) is 13.0. The summed E-state index contributed by atoms with van der Waals surface area (Å²) in [4.78, 5) is 0. The van der Waals surface area contributed by atoms with Crippen molar-refractivity contribution in [1.29, 1.82) is 0 Å². The summed E-state index contributed by atoms with van der Waals surface area (Å²) in [6.45, 7) is 0. The molecule has 1 aliphatic rings. The molecule has 298 valence electrons. The van der Waals surface area contributed by atoms with Crippen LogP contribution in [0.15, 0.2) is 212 Å². The molecule has 2 N–H and O–H groups in total. The van der Waals surface area contributed by atoms with E-state index in [1.165, 1.54) is 43.8 Å². The Balaban J connectivity index is 0.000000195. The smallest absolute Gasteiger partial charge is 1.00 e. The molecule has 0 aliphatic heterocycles. The first kappa shape index (κ1) is 48.2. The predicted octanol–water partition coefficient (Wildman–Crippen LogP) is 9.59. The molecule has 0 aromatic heterocycles. The van der Waals surface area contributed by atoms with Crippen molar-refractivity contribution in [3.05, 3.63) is 245 Å². The summed E-state index contributed by atoms with van der Waals surface area (Å²) in [6, 6.07) is 65.2. The minimum Gasteiger partial charge on any atom is -1.00 e. The van der Waals surface area contributed by atoms with E-state index in [4.69, 9.17) is 0 Å². The topological polar surface area (TPSA) is 40.5 Å². The summed E-state index contributed by atoms with van der Waals surface area (Å²) in [5.74, 6) is 0. The minimum atomic E-state index is -1.42. The number of benzene rings is 9. The van der Waals surface area contributed by atoms with E-state index in [0.717, 1.165) is 29.0 Å². The van der Waals surface area contributed by atoms with E-state index in [2.05, 4.69) is 161 Å². The van der Waals surface area contributed by atoms with Crippen LogP contribution in [0, 0.1) is 0 Å². The van der Waals surface area contributed by atoms with Crippen LogP contribution in [0.4, 0.5) is 0 Å². The minimum absolute atomic E-state index is 0. The Morgan fingerprint density at radius 1 is 0.328 bits per heavy atom. The molecule has 0 heterocycles. The SMILES string of the molecule is Brc1ccc2c(-c3ccccc3)c3ccc(Br)cc3c(-c3ccccc3)c2c1.C.OC1(c2ccccc2)c2ccc(Br)cc2C(O)(c2ccccc2)c2cc(Br)ccc21.[I-].[K+]. The van der Waals surface area contributed by atoms with Crippen molar-refractivity contribution >= 4 is 85.3 Å². The Kier molecular flexibility index (Phi) is 16.0. The Morgan fingerprint density at radius 3 is 1.00 bits per heavy atom. The summed E-state index contributed by atoms with van der Waals surface area (Å²) in [5.41, 5.74) is 6.35. The molecule has 1 aliphatic carbocycles. The summed E-state index contributed by atoms with van der Waals surface area (Å²) < 4.78 is 3.85. The van der Waals surface area contributed by atoms with E-state index in [9.17, 15) is 10.2 Å². The molecule has 0 atom stereocenters. The Labute approximate surface area is 450 Å². The number of hydrogen-bond acceptors (Lipinski definition) is 2. The molecule has 9 aromatic carbocycles. The van der Waals surface area contributed by atoms with Gasteiger partial charge in [-0.15, -0.1) is 0 Å². The zero-order valence-electron chi connectivity index (χ0n) is 32.3. The second-order valence-corrected chi connectivity index (χ2v) is 18.1. The maximum Gasteiger partial charge on any atom is 1.00 e. The van der Waals surface area contributed by atoms with Gasteiger partial charge in [0.15, 0.2) is 0 Å². The van der Waals surface area contributed by atoms with Gasteiger partial charge in [-0.2, -0.15) is 0 Å². The molecule has 0 fully saturated rings. The summed E-state index contributed by atoms with van der Waals surface area (Å²) in [5, 5.41) is 29.6. The number of hydrogen-bond donors (Lipinski definition) is 2. The van der Waals surface area contributed by atoms with Gasteiger partial charge in [0.1, 0.15) is 11.2 Å². The molecule has 0 unspecified atom stereocenters. The monoisotopic (exact) mass is 1190 g/mol. The van der Waals surface area contributed by atoms with E-state index in [0.29, 0.717) is 22.3 Å². The maximum atomic E-state index is 12.3. The average Bonchev–Trinajstić information content (AvgIpc) is 3.26. The van der Waals surface area contributed by atoms with Gasteiger partial charge < -0.3 is 34.2 Å². The van der Waals surface area contributed by atoms with Crippen molar-refractivity contribution in [2.45, 2.75) is 18.6 Å². The fourth-order valence-corrected chi connectivity index (χ4v) is 9.98. The molecule has 2 nitrogen and oxygen atoms in total. The van der Waals surface area contributed by atoms with Crippen LogP contribution in [0.5, 0.6) is 0 Å². The van der Waals surface area contributed by atoms with Crippen molar-refractivity contribution < 1.29 is 85.6 Å². The summed E-state index contributed by atoms with van der Waals surface area (Å²) in [6.07, 6.45) is 0. The van der Waals surface area contributed by atoms with Crippen LogP contribution >= 0.6 is 63.7 Å². The van der Waals surface area contributed by atoms with Crippen molar-refractivity contribution in [2.24, 2.45) is 0 Å². The molecule has 0 amide bonds. The van der Waals surface area contributed by atoms with Crippen molar-refractivity contribution in [2.75, 3.05) is 0 Å². The Hall–Kier alpha value is -2.29. The molecule has 0 saturated heterocycles. The standard InChI is InChI=1S/C26H18Br2O2.C26H16Br2.CH4.HI.K/c27-19-11-13-21-23(15-19)26(30,18-9-5-2-6-10-18)24-16-20(28)12-14-22(24)25(21,29)17-7-3-1-4-8-17;27-19-11-13-21-23(15-19)26(18-9-5-2-6-10-18)24-16-20(28)12-14-22(24)25(21)17-7-3-1-4-8-17;;;/h1-16,29-30H;1-16H;1H4;1H;/q;;;;+1/p-1. The van der Waals surface area contributed by atoms with Crippen LogP contribution < -0.4 is 75.4 Å². The van der Waals surface area contributed by atoms with Gasteiger partial charge in [0.2, 0.25) is 0 Å². The van der Waals surface area contributed by atoms with E-state index in [-0.39, 0.29) is 82.8 Å². The Bertz CT molecular complexity index is 2850. The van der Waals surface area contributed by atoms with E-state index in [1.807, 2.05) is 97.1 Å². The predicted molar refractivity (Wildman–Crippen MR) is 260 cm³/mol. The first-order chi connectivity index (χ1) is 28.2. The third kappa shape index (κ3) is 8.92. The second kappa shape index (κ2) is 20.3. The van der Waals surface area contributed by atoms with Crippen molar-refractivity contribution in [3.8, 4) is 22.3 Å². The van der Waals surface area contributed by atoms with Crippen molar-refractivity contribution in [3.63, 3.8) is 0 Å². The van der Waals surface area contributed by atoms with Crippen LogP contribution in [-0.2, 0) is 11.2 Å². The van der Waals surface area contributed by atoms with Gasteiger partial charge >= 0.3 is 51.4 Å². The molecular weight excluding hydrogens is 1150 g/mol. The second-order valence-electron chi connectivity index (χ2n) is 14.4. The molecule has 10 rings (SSSR count). The van der Waals surface area contributed by atoms with Gasteiger partial charge in [-0.1, -0.05) is 217 Å². The maximum absolute atomic E-state index is 12.3. The quantitative estimate of drug-likeness (QED) is 0.105. The molecule has 8 heteroatoms. The zero-order chi connectivity index (χ0) is 40.0. The average molecular weight is 1190 g/mol. The van der Waals surface area contributed by atoms with E-state index in [1.54, 1.807) is 0 Å². The number of halogens is 5. The molecule has 0 bridgehead atoms. The van der Waals surface area contributed by atoms with Crippen molar-refractivity contribution in [1.82, 2.24) is 0 Å². The van der Waals surface area contributed by atoms with Crippen LogP contribution in [-0.4, -0.2) is 10.2 Å². The van der Waals surface area contributed by atoms with Crippen LogP contribution in [0.25, 0.3) is 43.8 Å². The van der Waals surface area contributed by atoms with Crippen LogP contribution in [0.2, 0.25) is 0 Å². The molecule has 61 heavy (non-hydrogen) atoms. The fraction of sp³-hybridized carbons (Fsp3) is 0.0566. The fourth-order valence-electron chi connectivity index (χ4n) is 8.54. The molecule has 0 radical (unpaired) electrons. The zero-order valence-corrected chi connectivity index (χ0v) is 43.9. The Morgan fingerprint density at radius 2 is 0.623 bits per heavy atom. The molecule has 0 saturated carbocycles. The van der Waals surface area contributed by atoms with Gasteiger partial charge in [-0.25, -0.2) is 0 Å². The molecule has 0 spiro atoms. The summed E-state index contributed by atoms with van der Waals surface area (Å²) >= 11 is 14.5. The number of fused-ring (bicyclic) bond motifs is 4. The molecule has 9 aromatic rings. The molecular formula is C53H38Br4IKO2. The van der Waals surface area contributed by atoms with Gasteiger partial charge in [-0.05, 0) is 115 Å². The first-order valence-corrected chi connectivity index (χ1v) is 22.0. The van der Waals surface area contributed by atoms with E-state index >= 15 is 0 Å². The van der Waals surface area contributed by atoms with E-state index < -0.39 is 11.2 Å². The third-order valence-electron chi connectivity index (χ3n) is 11.1. The van der Waals surface area contributed by atoms with Gasteiger partial charge in [0.05, 0.1) is 0 Å². The first-order valence-electron chi connectivity index (χ1n) is 18.8. The summed E-state index contributed by atoms with van der Waals surface area (Å²) in [7, 11) is 0. The number of rotatable bonds is 4. The van der Waals surface area contributed by atoms with Crippen LogP contribution in [0.1, 0.15) is 40.8 Å². The van der Waals surface area contributed by atoms with Gasteiger partial charge in [-0.3, -0.25) is 0 Å². The van der Waals surface area contributed by atoms with Gasteiger partial charge in [0.25, 0.3) is 0 Å². The number of aliphatic hydroxyl groups is 2. The van der Waals surface area contributed by atoms with Crippen LogP contribution in [0.3, 0.4) is 0 Å². The van der Waals surface area contributed by atoms with Gasteiger partial charge in [0, 0.05) is 29.0 Å². The largest absolute Gasteiger partial charge is 1.00 e.